The third-order valence-electron chi connectivity index (χ3n) is 10.5. The van der Waals surface area contributed by atoms with Gasteiger partial charge in [0, 0.05) is 57.2 Å². The van der Waals surface area contributed by atoms with E-state index in [1.165, 1.54) is 0 Å². The van der Waals surface area contributed by atoms with Gasteiger partial charge in [-0.05, 0) is 87.5 Å². The van der Waals surface area contributed by atoms with Crippen LogP contribution in [-0.2, 0) is 25.2 Å². The van der Waals surface area contributed by atoms with E-state index in [4.69, 9.17) is 0 Å². The molecule has 2 aromatic carbocycles. The van der Waals surface area contributed by atoms with Crippen LogP contribution in [0.3, 0.4) is 0 Å². The highest BCUT2D eigenvalue weighted by atomic mass is 16.2. The van der Waals surface area contributed by atoms with Crippen LogP contribution in [-0.4, -0.2) is 80.6 Å². The zero-order valence-electron chi connectivity index (χ0n) is 28.5. The zero-order valence-corrected chi connectivity index (χ0v) is 28.5. The molecule has 0 atom stereocenters. The van der Waals surface area contributed by atoms with Crippen molar-refractivity contribution in [2.24, 2.45) is 0 Å². The number of hydrogen-bond donors (Lipinski definition) is 3. The average molecular weight is 664 g/mol. The molecule has 4 heterocycles. The van der Waals surface area contributed by atoms with Gasteiger partial charge in [-0.15, -0.1) is 0 Å². The van der Waals surface area contributed by atoms with Crippen LogP contribution in [0.2, 0.25) is 0 Å². The molecule has 0 unspecified atom stereocenters. The fourth-order valence-electron chi connectivity index (χ4n) is 7.53. The number of nitrogens with zero attached hydrogens (tertiary/aromatic N) is 6. The quantitative estimate of drug-likeness (QED) is 0.246. The van der Waals surface area contributed by atoms with E-state index in [0.717, 1.165) is 80.8 Å². The number of carbonyl (C=O) groups excluding carboxylic acids is 3. The van der Waals surface area contributed by atoms with E-state index in [-0.39, 0.29) is 23.3 Å². The second kappa shape index (κ2) is 13.6. The summed E-state index contributed by atoms with van der Waals surface area (Å²) in [6.45, 7) is 6.49. The summed E-state index contributed by atoms with van der Waals surface area (Å²) < 4.78 is 4.08. The Morgan fingerprint density at radius 2 is 1.65 bits per heavy atom. The van der Waals surface area contributed by atoms with Crippen molar-refractivity contribution in [1.29, 1.82) is 0 Å². The first kappa shape index (κ1) is 32.7. The van der Waals surface area contributed by atoms with E-state index in [1.54, 1.807) is 25.2 Å². The van der Waals surface area contributed by atoms with Crippen LogP contribution in [0, 0.1) is 6.92 Å². The second-order valence-electron chi connectivity index (χ2n) is 13.7. The number of hydrogen-bond acceptors (Lipinski definition) is 7. The minimum absolute atomic E-state index is 0.00168. The maximum absolute atomic E-state index is 13.4. The van der Waals surface area contributed by atoms with Gasteiger partial charge in [-0.2, -0.15) is 5.10 Å². The minimum atomic E-state index is -0.200. The predicted octanol–water partition coefficient (Wildman–Crippen LogP) is 4.09. The lowest BCUT2D eigenvalue weighted by molar-refractivity contribution is -0.0217. The Morgan fingerprint density at radius 1 is 0.939 bits per heavy atom. The van der Waals surface area contributed by atoms with Gasteiger partial charge < -0.3 is 25.4 Å². The van der Waals surface area contributed by atoms with Crippen LogP contribution in [0.1, 0.15) is 92.0 Å². The molecule has 2 aromatic heterocycles. The van der Waals surface area contributed by atoms with E-state index in [2.05, 4.69) is 35.5 Å². The van der Waals surface area contributed by atoms with Crippen molar-refractivity contribution in [1.82, 2.24) is 39.8 Å². The lowest BCUT2D eigenvalue weighted by Gasteiger charge is -2.53. The first-order chi connectivity index (χ1) is 23.7. The largest absolute Gasteiger partial charge is 0.345 e. The highest BCUT2D eigenvalue weighted by Crippen LogP contribution is 2.49. The molecule has 2 fully saturated rings. The van der Waals surface area contributed by atoms with Gasteiger partial charge in [-0.1, -0.05) is 24.3 Å². The number of imidazole rings is 1. The molecule has 1 aliphatic carbocycles. The Hall–Kier alpha value is -4.81. The van der Waals surface area contributed by atoms with Crippen molar-refractivity contribution in [3.05, 3.63) is 100 Å². The number of benzene rings is 2. The van der Waals surface area contributed by atoms with Crippen molar-refractivity contribution < 1.29 is 14.4 Å². The lowest BCUT2D eigenvalue weighted by Crippen LogP contribution is -2.56. The monoisotopic (exact) mass is 663 g/mol. The van der Waals surface area contributed by atoms with Crippen molar-refractivity contribution >= 4 is 23.4 Å². The van der Waals surface area contributed by atoms with E-state index < -0.39 is 0 Å². The predicted molar refractivity (Wildman–Crippen MR) is 186 cm³/mol. The van der Waals surface area contributed by atoms with Crippen LogP contribution < -0.4 is 16.0 Å². The number of fused-ring (bicyclic) bond motifs is 2. The topological polar surface area (TPSA) is 129 Å². The van der Waals surface area contributed by atoms with Gasteiger partial charge in [-0.25, -0.2) is 4.98 Å². The molecule has 0 bridgehead atoms. The Bertz CT molecular complexity index is 1830. The standard InChI is InChI=1S/C37H45N9O3/c1-25-31(22-41-46(25)30-13-17-38-18-14-30)34(47)42-29-11-7-26(8-12-29)21-40-35(48)33-39-23-32-37(15-4-16-37)44(19-20-45(32)33)24-27-5-9-28(10-6-27)36(49)43(2)3/h5-12,22-23,30,38H,4,13-21,24H2,1-3H3,(H,40,48)(H,42,47). The third-order valence-corrected chi connectivity index (χ3v) is 10.5. The lowest BCUT2D eigenvalue weighted by atomic mass is 9.72. The highest BCUT2D eigenvalue weighted by molar-refractivity contribution is 6.04. The van der Waals surface area contributed by atoms with Crippen LogP contribution in [0.25, 0.3) is 0 Å². The van der Waals surface area contributed by atoms with Crippen LogP contribution in [0.4, 0.5) is 5.69 Å². The third kappa shape index (κ3) is 6.38. The van der Waals surface area contributed by atoms with Crippen LogP contribution in [0.15, 0.2) is 60.9 Å². The molecule has 12 heteroatoms. The first-order valence-electron chi connectivity index (χ1n) is 17.3. The van der Waals surface area contributed by atoms with Gasteiger partial charge in [0.25, 0.3) is 17.7 Å². The molecule has 256 valence electrons. The van der Waals surface area contributed by atoms with Crippen molar-refractivity contribution in [2.75, 3.05) is 39.0 Å². The molecule has 0 radical (unpaired) electrons. The normalized spacial score (nSPS) is 17.3. The maximum atomic E-state index is 13.4. The number of piperidine rings is 1. The minimum Gasteiger partial charge on any atom is -0.345 e. The molecule has 49 heavy (non-hydrogen) atoms. The fourth-order valence-corrected chi connectivity index (χ4v) is 7.53. The number of aromatic nitrogens is 4. The van der Waals surface area contributed by atoms with Gasteiger partial charge in [0.15, 0.2) is 5.82 Å². The van der Waals surface area contributed by atoms with E-state index >= 15 is 0 Å². The van der Waals surface area contributed by atoms with E-state index in [1.807, 2.05) is 66.3 Å². The molecule has 2 aliphatic heterocycles. The Kier molecular flexibility index (Phi) is 9.08. The average Bonchev–Trinajstić information content (AvgIpc) is 3.71. The number of rotatable bonds is 9. The summed E-state index contributed by atoms with van der Waals surface area (Å²) in [4.78, 5) is 47.5. The first-order valence-corrected chi connectivity index (χ1v) is 17.3. The number of anilines is 1. The summed E-state index contributed by atoms with van der Waals surface area (Å²) in [5.41, 5.74) is 5.89. The van der Waals surface area contributed by atoms with Gasteiger partial charge >= 0.3 is 0 Å². The number of nitrogens with one attached hydrogen (secondary N) is 3. The summed E-state index contributed by atoms with van der Waals surface area (Å²) in [6.07, 6.45) is 8.74. The van der Waals surface area contributed by atoms with Crippen molar-refractivity contribution in [2.45, 2.75) is 70.2 Å². The maximum Gasteiger partial charge on any atom is 0.287 e. The summed E-state index contributed by atoms with van der Waals surface area (Å²) in [5, 5.41) is 13.9. The van der Waals surface area contributed by atoms with Gasteiger partial charge in [0.1, 0.15) is 0 Å². The van der Waals surface area contributed by atoms with Crippen molar-refractivity contribution in [3.63, 3.8) is 0 Å². The number of carbonyl (C=O) groups is 3. The molecular formula is C37H45N9O3. The molecule has 3 N–H and O–H groups in total. The van der Waals surface area contributed by atoms with Crippen LogP contribution >= 0.6 is 0 Å². The molecule has 3 amide bonds. The number of amides is 3. The Balaban J connectivity index is 0.956. The Morgan fingerprint density at radius 3 is 2.33 bits per heavy atom. The van der Waals surface area contributed by atoms with Gasteiger partial charge in [-0.3, -0.25) is 24.0 Å². The molecule has 7 rings (SSSR count). The molecule has 4 aromatic rings. The summed E-state index contributed by atoms with van der Waals surface area (Å²) >= 11 is 0. The highest BCUT2D eigenvalue weighted by Gasteiger charge is 2.49. The molecular weight excluding hydrogens is 618 g/mol. The summed E-state index contributed by atoms with van der Waals surface area (Å²) in [7, 11) is 3.52. The fraction of sp³-hybridized carbons (Fsp3) is 0.432. The zero-order chi connectivity index (χ0) is 34.1. The smallest absolute Gasteiger partial charge is 0.287 e. The summed E-state index contributed by atoms with van der Waals surface area (Å²) in [6, 6.07) is 15.7. The van der Waals surface area contributed by atoms with E-state index in [9.17, 15) is 14.4 Å². The molecule has 3 aliphatic rings. The Labute approximate surface area is 286 Å². The van der Waals surface area contributed by atoms with Crippen LogP contribution in [0.5, 0.6) is 0 Å². The SMILES string of the molecule is Cc1c(C(=O)Nc2ccc(CNC(=O)c3ncc4n3CCN(Cc3ccc(C(=O)N(C)C)cc3)C43CCC3)cc2)cnn1C1CCNCC1. The molecule has 1 spiro atoms. The molecule has 12 nitrogen and oxygen atoms in total. The second-order valence-corrected chi connectivity index (χ2v) is 13.7. The van der Waals surface area contributed by atoms with Crippen molar-refractivity contribution in [3.8, 4) is 0 Å². The van der Waals surface area contributed by atoms with Gasteiger partial charge in [0.05, 0.1) is 35.2 Å². The molecule has 1 saturated heterocycles. The van der Waals surface area contributed by atoms with E-state index in [0.29, 0.717) is 41.8 Å². The van der Waals surface area contributed by atoms with Gasteiger partial charge in [0.2, 0.25) is 0 Å². The summed E-state index contributed by atoms with van der Waals surface area (Å²) in [5.74, 6) is 0.0592. The molecule has 1 saturated carbocycles.